The molecule has 0 spiro atoms. The fraction of sp³-hybridized carbons (Fsp3) is 0.556. The zero-order chi connectivity index (χ0) is 26.3. The van der Waals surface area contributed by atoms with Gasteiger partial charge in [-0.3, -0.25) is 10.1 Å². The number of carbonyl (C=O) groups is 2. The van der Waals surface area contributed by atoms with Gasteiger partial charge in [-0.15, -0.1) is 0 Å². The van der Waals surface area contributed by atoms with Gasteiger partial charge in [-0.2, -0.15) is 0 Å². The number of rotatable bonds is 1. The minimum Gasteiger partial charge on any atom is -0.446 e. The number of aliphatic hydroxyl groups is 2. The van der Waals surface area contributed by atoms with Crippen molar-refractivity contribution in [2.45, 2.75) is 75.8 Å². The number of carbonyl (C=O) groups excluding carboxylic acids is 2. The second-order valence-corrected chi connectivity index (χ2v) is 10.4. The molecule has 3 N–H and O–H groups in total. The number of benzene rings is 1. The first-order chi connectivity index (χ1) is 17.0. The van der Waals surface area contributed by atoms with Crippen molar-refractivity contribution in [2.75, 3.05) is 19.1 Å². The summed E-state index contributed by atoms with van der Waals surface area (Å²) in [7, 11) is 3.16. The van der Waals surface area contributed by atoms with Crippen LogP contribution in [0.1, 0.15) is 39.2 Å². The number of amides is 2. The highest BCUT2D eigenvalue weighted by molar-refractivity contribution is 5.93. The number of nitrogens with zero attached hydrogens (tertiary/aromatic N) is 1. The van der Waals surface area contributed by atoms with E-state index in [1.165, 1.54) is 7.11 Å². The van der Waals surface area contributed by atoms with Crippen LogP contribution in [0, 0.1) is 5.92 Å². The highest BCUT2D eigenvalue weighted by atomic mass is 16.6. The first-order valence-electron chi connectivity index (χ1n) is 12.3. The maximum atomic E-state index is 13.0. The van der Waals surface area contributed by atoms with Gasteiger partial charge in [0.1, 0.15) is 17.8 Å². The van der Waals surface area contributed by atoms with Crippen molar-refractivity contribution in [1.82, 2.24) is 5.32 Å². The average molecular weight is 501 g/mol. The van der Waals surface area contributed by atoms with Crippen molar-refractivity contribution >= 4 is 17.7 Å². The molecule has 2 amide bonds. The van der Waals surface area contributed by atoms with E-state index in [0.29, 0.717) is 6.42 Å². The normalized spacial score (nSPS) is 39.8. The van der Waals surface area contributed by atoms with Crippen LogP contribution in [0.3, 0.4) is 0 Å². The molecule has 3 aliphatic rings. The van der Waals surface area contributed by atoms with Crippen LogP contribution in [-0.2, 0) is 25.4 Å². The highest BCUT2D eigenvalue weighted by Gasteiger charge is 2.62. The number of epoxide rings is 1. The van der Waals surface area contributed by atoms with Gasteiger partial charge in [-0.05, 0) is 38.0 Å². The zero-order valence-electron chi connectivity index (χ0n) is 21.4. The molecule has 1 aromatic rings. The molecule has 4 rings (SSSR count). The predicted molar refractivity (Wildman–Crippen MR) is 133 cm³/mol. The first kappa shape index (κ1) is 26.3. The van der Waals surface area contributed by atoms with Crippen molar-refractivity contribution in [1.29, 1.82) is 0 Å². The Morgan fingerprint density at radius 3 is 2.75 bits per heavy atom. The summed E-state index contributed by atoms with van der Waals surface area (Å²) >= 11 is 0. The van der Waals surface area contributed by atoms with Crippen LogP contribution in [-0.4, -0.2) is 72.1 Å². The first-order valence-corrected chi connectivity index (χ1v) is 12.3. The summed E-state index contributed by atoms with van der Waals surface area (Å²) in [5.74, 6) is -0.584. The van der Waals surface area contributed by atoms with Crippen LogP contribution in [0.2, 0.25) is 0 Å². The molecule has 9 nitrogen and oxygen atoms in total. The van der Waals surface area contributed by atoms with E-state index >= 15 is 0 Å². The zero-order valence-corrected chi connectivity index (χ0v) is 21.4. The molecule has 196 valence electrons. The Balaban J connectivity index is 1.69. The van der Waals surface area contributed by atoms with Crippen LogP contribution in [0.25, 0.3) is 0 Å². The molecule has 0 radical (unpaired) electrons. The van der Waals surface area contributed by atoms with E-state index in [9.17, 15) is 19.8 Å². The van der Waals surface area contributed by atoms with E-state index in [4.69, 9.17) is 14.2 Å². The van der Waals surface area contributed by atoms with E-state index in [1.54, 1.807) is 31.0 Å². The molecule has 7 atom stereocenters. The molecule has 4 bridgehead atoms. The predicted octanol–water partition coefficient (Wildman–Crippen LogP) is 2.45. The van der Waals surface area contributed by atoms with Crippen molar-refractivity contribution in [2.24, 2.45) is 5.92 Å². The van der Waals surface area contributed by atoms with Gasteiger partial charge in [0, 0.05) is 32.2 Å². The molecule has 9 heteroatoms. The van der Waals surface area contributed by atoms with Gasteiger partial charge in [0.15, 0.2) is 5.72 Å². The minimum absolute atomic E-state index is 0.0605. The summed E-state index contributed by atoms with van der Waals surface area (Å²) in [6.45, 7) is 5.58. The fourth-order valence-corrected chi connectivity index (χ4v) is 5.21. The van der Waals surface area contributed by atoms with E-state index in [0.717, 1.165) is 16.8 Å². The largest absolute Gasteiger partial charge is 0.446 e. The Labute approximate surface area is 211 Å². The molecule has 1 aromatic carbocycles. The van der Waals surface area contributed by atoms with Gasteiger partial charge in [0.25, 0.3) is 0 Å². The quantitative estimate of drug-likeness (QED) is 0.507. The SMILES string of the molecule is COC1/C=C/C=C(\C)Cc2cccc(c2)N(C)C(=O)CC(O)C2(C)OC2C(C)C2CC1(O)NC(=O)O2. The number of anilines is 1. The molecular weight excluding hydrogens is 464 g/mol. The molecular formula is C27H36N2O7. The Morgan fingerprint density at radius 2 is 2.03 bits per heavy atom. The lowest BCUT2D eigenvalue weighted by molar-refractivity contribution is -0.142. The Kier molecular flexibility index (Phi) is 7.30. The number of methoxy groups -OCH3 is 1. The Bertz CT molecular complexity index is 1070. The van der Waals surface area contributed by atoms with Gasteiger partial charge in [0.2, 0.25) is 5.91 Å². The van der Waals surface area contributed by atoms with Crippen LogP contribution in [0.5, 0.6) is 0 Å². The lowest BCUT2D eigenvalue weighted by atomic mass is 9.84. The minimum atomic E-state index is -1.69. The van der Waals surface area contributed by atoms with Crippen molar-refractivity contribution < 1.29 is 34.0 Å². The van der Waals surface area contributed by atoms with Crippen LogP contribution in [0.15, 0.2) is 48.1 Å². The maximum Gasteiger partial charge on any atom is 0.409 e. The number of nitrogens with one attached hydrogen (secondary N) is 1. The van der Waals surface area contributed by atoms with Gasteiger partial charge in [-0.1, -0.05) is 42.9 Å². The average Bonchev–Trinajstić information content (AvgIpc) is 3.52. The molecule has 0 saturated carbocycles. The van der Waals surface area contributed by atoms with Gasteiger partial charge < -0.3 is 29.3 Å². The molecule has 7 unspecified atom stereocenters. The number of fused-ring (bicyclic) bond motifs is 5. The van der Waals surface area contributed by atoms with E-state index < -0.39 is 41.8 Å². The maximum absolute atomic E-state index is 13.0. The third kappa shape index (κ3) is 5.20. The second-order valence-electron chi connectivity index (χ2n) is 10.4. The number of aliphatic hydroxyl groups excluding tert-OH is 1. The number of ether oxygens (including phenoxy) is 3. The topological polar surface area (TPSA) is 121 Å². The molecule has 2 saturated heterocycles. The smallest absolute Gasteiger partial charge is 0.409 e. The molecule has 0 aromatic heterocycles. The summed E-state index contributed by atoms with van der Waals surface area (Å²) in [5.41, 5.74) is 0.158. The molecule has 36 heavy (non-hydrogen) atoms. The summed E-state index contributed by atoms with van der Waals surface area (Å²) in [4.78, 5) is 27.0. The lowest BCUT2D eigenvalue weighted by Gasteiger charge is -2.42. The van der Waals surface area contributed by atoms with Crippen molar-refractivity contribution in [3.05, 3.63) is 53.6 Å². The molecule has 3 aliphatic heterocycles. The molecule has 0 aliphatic carbocycles. The number of hydrogen-bond acceptors (Lipinski definition) is 7. The van der Waals surface area contributed by atoms with Gasteiger partial charge in [-0.25, -0.2) is 4.79 Å². The van der Waals surface area contributed by atoms with Crippen LogP contribution >= 0.6 is 0 Å². The standard InChI is InChI=1S/C27H36N2O7/c1-16-8-6-11-22(34-5)27(33)15-20(35-25(32)28-27)17(2)24-26(3,36-24)21(30)14-23(31)29(4)19-10-7-9-18(12-16)13-19/h6-11,13,17,20-22,24,30,33H,12,14-15H2,1-5H3,(H,28,32)/b11-6+,16-8+. The number of allylic oxidation sites excluding steroid dienone is 3. The van der Waals surface area contributed by atoms with Gasteiger partial charge in [0.05, 0.1) is 18.6 Å². The fourth-order valence-electron chi connectivity index (χ4n) is 5.21. The monoisotopic (exact) mass is 500 g/mol. The summed E-state index contributed by atoms with van der Waals surface area (Å²) in [6.07, 6.45) is 2.24. The number of alkyl carbamates (subject to hydrolysis) is 1. The molecule has 3 heterocycles. The Morgan fingerprint density at radius 1 is 1.28 bits per heavy atom. The van der Waals surface area contributed by atoms with Crippen molar-refractivity contribution in [3.63, 3.8) is 0 Å². The summed E-state index contributed by atoms with van der Waals surface area (Å²) < 4.78 is 16.9. The third-order valence-corrected chi connectivity index (χ3v) is 7.62. The second kappa shape index (κ2) is 9.97. The highest BCUT2D eigenvalue weighted by Crippen LogP contribution is 2.47. The van der Waals surface area contributed by atoms with Crippen molar-refractivity contribution in [3.8, 4) is 0 Å². The molecule has 2 fully saturated rings. The Hall–Kier alpha value is -2.72. The lowest BCUT2D eigenvalue weighted by Crippen LogP contribution is -2.63. The van der Waals surface area contributed by atoms with Crippen LogP contribution < -0.4 is 10.2 Å². The summed E-state index contributed by atoms with van der Waals surface area (Å²) in [5, 5.41) is 24.8. The third-order valence-electron chi connectivity index (χ3n) is 7.62. The number of hydrogen-bond donors (Lipinski definition) is 3. The van der Waals surface area contributed by atoms with E-state index in [1.807, 2.05) is 44.2 Å². The van der Waals surface area contributed by atoms with Gasteiger partial charge >= 0.3 is 6.09 Å². The van der Waals surface area contributed by atoms with E-state index in [2.05, 4.69) is 5.32 Å². The van der Waals surface area contributed by atoms with Crippen LogP contribution in [0.4, 0.5) is 10.5 Å². The summed E-state index contributed by atoms with van der Waals surface area (Å²) in [6, 6.07) is 7.71. The van der Waals surface area contributed by atoms with E-state index in [-0.39, 0.29) is 24.7 Å².